The molecule has 0 radical (unpaired) electrons. The van der Waals surface area contributed by atoms with Crippen LogP contribution in [0.4, 0.5) is 5.82 Å². The first-order valence-corrected chi connectivity index (χ1v) is 12.7. The van der Waals surface area contributed by atoms with Crippen molar-refractivity contribution in [1.29, 1.82) is 0 Å². The first kappa shape index (κ1) is 25.3. The summed E-state index contributed by atoms with van der Waals surface area (Å²) in [5.41, 5.74) is 2.32. The number of carbonyl (C=O) groups is 1. The fourth-order valence-corrected chi connectivity index (χ4v) is 4.58. The molecule has 0 saturated carbocycles. The lowest BCUT2D eigenvalue weighted by molar-refractivity contribution is -0.119. The van der Waals surface area contributed by atoms with Crippen LogP contribution in [0.1, 0.15) is 11.6 Å². The van der Waals surface area contributed by atoms with Crippen molar-refractivity contribution in [3.05, 3.63) is 106 Å². The molecule has 0 spiro atoms. The lowest BCUT2D eigenvalue weighted by Crippen LogP contribution is -2.35. The first-order valence-electron chi connectivity index (χ1n) is 11.9. The number of nitrogens with one attached hydrogen (secondary N) is 2. The summed E-state index contributed by atoms with van der Waals surface area (Å²) < 4.78 is 2.75. The standard InChI is InChI=1S/C26H18Cl2N10O2/c27-16-6-7-20(38-12-22(28)34-36-38)17(9-16)19-10-23(39)37(14-31-19)21(8-15-4-2-1-3-5-15)26(40)33-24-18-11-32-35-25(18)30-13-29-24/h1-7,9-14,21H,8H2,(H2,29,30,32,33,35,40)/t21-/m0/s1. The zero-order valence-electron chi connectivity index (χ0n) is 20.4. The molecule has 1 atom stereocenters. The van der Waals surface area contributed by atoms with Gasteiger partial charge in [-0.2, -0.15) is 5.10 Å². The number of amides is 1. The van der Waals surface area contributed by atoms with E-state index in [0.717, 1.165) is 5.56 Å². The highest BCUT2D eigenvalue weighted by molar-refractivity contribution is 6.31. The smallest absolute Gasteiger partial charge is 0.254 e. The number of anilines is 1. The topological polar surface area (TPSA) is 149 Å². The maximum Gasteiger partial charge on any atom is 0.254 e. The summed E-state index contributed by atoms with van der Waals surface area (Å²) in [5.74, 6) is -0.183. The number of H-pyrrole nitrogens is 1. The number of benzene rings is 2. The van der Waals surface area contributed by atoms with Crippen molar-refractivity contribution in [2.24, 2.45) is 0 Å². The van der Waals surface area contributed by atoms with Gasteiger partial charge in [0.2, 0.25) is 5.91 Å². The van der Waals surface area contributed by atoms with E-state index >= 15 is 0 Å². The van der Waals surface area contributed by atoms with Crippen LogP contribution in [0.3, 0.4) is 0 Å². The maximum absolute atomic E-state index is 13.6. The SMILES string of the molecule is O=C(Nc1ncnc2[nH]ncc12)[C@H](Cc1ccccc1)n1cnc(-c2cc(Cl)ccc2-n2cc(Cl)nn2)cc1=O. The summed E-state index contributed by atoms with van der Waals surface area (Å²) in [7, 11) is 0. The Labute approximate surface area is 235 Å². The van der Waals surface area contributed by atoms with Crippen LogP contribution in [-0.4, -0.2) is 50.6 Å². The number of hydrogen-bond acceptors (Lipinski definition) is 8. The summed E-state index contributed by atoms with van der Waals surface area (Å²) in [6.07, 6.45) is 5.94. The van der Waals surface area contributed by atoms with E-state index in [9.17, 15) is 9.59 Å². The monoisotopic (exact) mass is 572 g/mol. The number of halogens is 2. The van der Waals surface area contributed by atoms with Crippen molar-refractivity contribution in [3.63, 3.8) is 0 Å². The van der Waals surface area contributed by atoms with Crippen molar-refractivity contribution < 1.29 is 4.79 Å². The van der Waals surface area contributed by atoms with Gasteiger partial charge in [0.25, 0.3) is 5.56 Å². The van der Waals surface area contributed by atoms with Gasteiger partial charge in [-0.15, -0.1) is 5.10 Å². The molecule has 0 aliphatic carbocycles. The Hall–Kier alpha value is -4.94. The average molecular weight is 573 g/mol. The van der Waals surface area contributed by atoms with Crippen LogP contribution in [0.25, 0.3) is 28.0 Å². The number of aromatic amines is 1. The van der Waals surface area contributed by atoms with Gasteiger partial charge < -0.3 is 5.32 Å². The molecule has 2 aromatic carbocycles. The van der Waals surface area contributed by atoms with Gasteiger partial charge in [-0.25, -0.2) is 19.6 Å². The van der Waals surface area contributed by atoms with Crippen molar-refractivity contribution in [2.75, 3.05) is 5.32 Å². The van der Waals surface area contributed by atoms with Gasteiger partial charge in [0.05, 0.1) is 35.5 Å². The highest BCUT2D eigenvalue weighted by atomic mass is 35.5. The van der Waals surface area contributed by atoms with Gasteiger partial charge in [0, 0.05) is 23.1 Å². The van der Waals surface area contributed by atoms with E-state index in [4.69, 9.17) is 23.2 Å². The van der Waals surface area contributed by atoms with Gasteiger partial charge in [-0.3, -0.25) is 19.3 Å². The highest BCUT2D eigenvalue weighted by Crippen LogP contribution is 2.28. The predicted molar refractivity (Wildman–Crippen MR) is 148 cm³/mol. The molecule has 0 aliphatic rings. The van der Waals surface area contributed by atoms with E-state index in [1.807, 2.05) is 30.3 Å². The Balaban J connectivity index is 1.39. The van der Waals surface area contributed by atoms with Gasteiger partial charge in [0.15, 0.2) is 10.8 Å². The summed E-state index contributed by atoms with van der Waals surface area (Å²) in [5, 5.41) is 18.5. The van der Waals surface area contributed by atoms with Crippen LogP contribution in [-0.2, 0) is 11.2 Å². The minimum Gasteiger partial charge on any atom is -0.308 e. The van der Waals surface area contributed by atoms with Gasteiger partial charge in [0.1, 0.15) is 18.2 Å². The molecule has 6 rings (SSSR count). The van der Waals surface area contributed by atoms with Crippen molar-refractivity contribution >= 4 is 46.0 Å². The van der Waals surface area contributed by atoms with Crippen LogP contribution in [0.5, 0.6) is 0 Å². The number of hydrogen-bond donors (Lipinski definition) is 2. The van der Waals surface area contributed by atoms with Crippen LogP contribution < -0.4 is 10.9 Å². The third-order valence-corrected chi connectivity index (χ3v) is 6.59. The summed E-state index contributed by atoms with van der Waals surface area (Å²) in [4.78, 5) is 40.0. The second kappa shape index (κ2) is 10.7. The molecule has 6 aromatic rings. The molecule has 2 N–H and O–H groups in total. The van der Waals surface area contributed by atoms with E-state index in [1.165, 1.54) is 40.4 Å². The molecule has 0 saturated heterocycles. The second-order valence-electron chi connectivity index (χ2n) is 8.72. The number of nitrogens with zero attached hydrogens (tertiary/aromatic N) is 8. The van der Waals surface area contributed by atoms with Gasteiger partial charge >= 0.3 is 0 Å². The van der Waals surface area contributed by atoms with E-state index < -0.39 is 17.5 Å². The summed E-state index contributed by atoms with van der Waals surface area (Å²) in [6.45, 7) is 0. The van der Waals surface area contributed by atoms with E-state index in [0.29, 0.717) is 33.0 Å². The number of fused-ring (bicyclic) bond motifs is 1. The third kappa shape index (κ3) is 5.05. The molecule has 4 aromatic heterocycles. The third-order valence-electron chi connectivity index (χ3n) is 6.18. The predicted octanol–water partition coefficient (Wildman–Crippen LogP) is 3.89. The lowest BCUT2D eigenvalue weighted by Gasteiger charge is -2.20. The Kier molecular flexibility index (Phi) is 6.76. The van der Waals surface area contributed by atoms with Crippen LogP contribution in [0.2, 0.25) is 10.2 Å². The number of rotatable bonds is 7. The molecule has 0 bridgehead atoms. The largest absolute Gasteiger partial charge is 0.308 e. The molecule has 0 aliphatic heterocycles. The minimum absolute atomic E-state index is 0.204. The van der Waals surface area contributed by atoms with Crippen LogP contribution >= 0.6 is 23.2 Å². The maximum atomic E-state index is 13.6. The summed E-state index contributed by atoms with van der Waals surface area (Å²) in [6, 6.07) is 14.8. The molecule has 14 heteroatoms. The highest BCUT2D eigenvalue weighted by Gasteiger charge is 2.25. The molecule has 0 fully saturated rings. The van der Waals surface area contributed by atoms with Crippen LogP contribution in [0.15, 0.2) is 84.4 Å². The molecule has 1 amide bonds. The molecular weight excluding hydrogens is 555 g/mol. The zero-order valence-corrected chi connectivity index (χ0v) is 22.0. The normalized spacial score (nSPS) is 11.9. The Morgan fingerprint density at radius 1 is 1.05 bits per heavy atom. The van der Waals surface area contributed by atoms with E-state index in [-0.39, 0.29) is 17.4 Å². The van der Waals surface area contributed by atoms with Crippen molar-refractivity contribution in [1.82, 2.24) is 44.7 Å². The molecule has 12 nitrogen and oxygen atoms in total. The minimum atomic E-state index is -0.943. The molecular formula is C26H18Cl2N10O2. The average Bonchev–Trinajstić information content (AvgIpc) is 3.62. The Morgan fingerprint density at radius 2 is 1.90 bits per heavy atom. The van der Waals surface area contributed by atoms with E-state index in [2.05, 4.69) is 40.8 Å². The first-order chi connectivity index (χ1) is 19.5. The fourth-order valence-electron chi connectivity index (χ4n) is 4.29. The quantitative estimate of drug-likeness (QED) is 0.292. The van der Waals surface area contributed by atoms with Gasteiger partial charge in [-0.1, -0.05) is 58.7 Å². The second-order valence-corrected chi connectivity index (χ2v) is 9.54. The van der Waals surface area contributed by atoms with E-state index in [1.54, 1.807) is 18.2 Å². The number of aromatic nitrogens is 9. The Morgan fingerprint density at radius 3 is 2.67 bits per heavy atom. The van der Waals surface area contributed by atoms with Crippen LogP contribution in [0, 0.1) is 0 Å². The molecule has 198 valence electrons. The summed E-state index contributed by atoms with van der Waals surface area (Å²) >= 11 is 12.2. The Bertz CT molecular complexity index is 1900. The van der Waals surface area contributed by atoms with Crippen molar-refractivity contribution in [2.45, 2.75) is 12.5 Å². The molecule has 0 unspecified atom stereocenters. The lowest BCUT2D eigenvalue weighted by atomic mass is 10.0. The van der Waals surface area contributed by atoms with Crippen molar-refractivity contribution in [3.8, 4) is 16.9 Å². The fraction of sp³-hybridized carbons (Fsp3) is 0.0769. The number of carbonyl (C=O) groups excluding carboxylic acids is 1. The molecule has 40 heavy (non-hydrogen) atoms. The molecule has 4 heterocycles. The zero-order chi connectivity index (χ0) is 27.6. The van der Waals surface area contributed by atoms with Gasteiger partial charge in [-0.05, 0) is 23.8 Å².